The van der Waals surface area contributed by atoms with Crippen LogP contribution in [-0.2, 0) is 9.84 Å². The molecule has 1 N–H and O–H groups in total. The van der Waals surface area contributed by atoms with Gasteiger partial charge in [0.15, 0.2) is 0 Å². The van der Waals surface area contributed by atoms with E-state index >= 15 is 0 Å². The van der Waals surface area contributed by atoms with Gasteiger partial charge in [-0.1, -0.05) is 42.5 Å². The summed E-state index contributed by atoms with van der Waals surface area (Å²) in [5.41, 5.74) is 0.383. The van der Waals surface area contributed by atoms with Crippen molar-refractivity contribution in [1.29, 1.82) is 0 Å². The molecule has 164 valence electrons. The van der Waals surface area contributed by atoms with Gasteiger partial charge in [-0.05, 0) is 60.7 Å². The number of carbonyl (C=O) groups is 2. The van der Waals surface area contributed by atoms with Crippen molar-refractivity contribution in [3.05, 3.63) is 114 Å². The number of para-hydroxylation sites is 1. The number of ketones is 2. The lowest BCUT2D eigenvalue weighted by atomic mass is 10.0. The first-order valence-electron chi connectivity index (χ1n) is 9.91. The Balaban J connectivity index is 1.58. The number of rotatable bonds is 7. The predicted molar refractivity (Wildman–Crippen MR) is 122 cm³/mol. The second-order valence-corrected chi connectivity index (χ2v) is 9.04. The van der Waals surface area contributed by atoms with Crippen molar-refractivity contribution in [2.45, 2.75) is 9.79 Å². The third-order valence-electron chi connectivity index (χ3n) is 4.88. The molecule has 0 amide bonds. The summed E-state index contributed by atoms with van der Waals surface area (Å²) in [5, 5.41) is 9.37. The number of phenolic OH excluding ortho intramolecular Hbond substituents is 1. The molecule has 4 rings (SSSR count). The average molecular weight is 458 g/mol. The number of benzene rings is 4. The molecule has 0 unspecified atom stereocenters. The number of phenols is 1. The van der Waals surface area contributed by atoms with E-state index in [0.717, 1.165) is 0 Å². The Morgan fingerprint density at radius 3 is 1.82 bits per heavy atom. The van der Waals surface area contributed by atoms with Crippen LogP contribution >= 0.6 is 0 Å². The van der Waals surface area contributed by atoms with Crippen LogP contribution in [0.1, 0.15) is 20.7 Å². The maximum Gasteiger partial charge on any atom is 0.237 e. The zero-order chi connectivity index (χ0) is 23.4. The van der Waals surface area contributed by atoms with Crippen LogP contribution in [0.4, 0.5) is 0 Å². The molecule has 4 aromatic carbocycles. The van der Waals surface area contributed by atoms with E-state index in [-0.39, 0.29) is 32.4 Å². The summed E-state index contributed by atoms with van der Waals surface area (Å²) < 4.78 is 31.3. The fourth-order valence-corrected chi connectivity index (χ4v) is 4.42. The van der Waals surface area contributed by atoms with Gasteiger partial charge in [0.2, 0.25) is 21.4 Å². The van der Waals surface area contributed by atoms with Crippen molar-refractivity contribution in [3.63, 3.8) is 0 Å². The summed E-state index contributed by atoms with van der Waals surface area (Å²) in [6, 6.07) is 25.6. The Labute approximate surface area is 190 Å². The zero-order valence-electron chi connectivity index (χ0n) is 17.2. The Kier molecular flexibility index (Phi) is 6.06. The highest BCUT2D eigenvalue weighted by Gasteiger charge is 2.22. The highest BCUT2D eigenvalue weighted by molar-refractivity contribution is 7.91. The Hall–Kier alpha value is -4.23. The van der Waals surface area contributed by atoms with Crippen molar-refractivity contribution < 1.29 is 27.9 Å². The second kappa shape index (κ2) is 9.10. The molecule has 0 atom stereocenters. The highest BCUT2D eigenvalue weighted by Crippen LogP contribution is 2.29. The molecule has 0 aliphatic carbocycles. The van der Waals surface area contributed by atoms with Gasteiger partial charge in [0, 0.05) is 5.56 Å². The summed E-state index contributed by atoms with van der Waals surface area (Å²) >= 11 is 0. The predicted octanol–water partition coefficient (Wildman–Crippen LogP) is 5.08. The van der Waals surface area contributed by atoms with E-state index in [2.05, 4.69) is 0 Å². The number of sulfone groups is 1. The van der Waals surface area contributed by atoms with E-state index in [1.54, 1.807) is 48.5 Å². The number of hydrogen-bond donors (Lipinski definition) is 1. The van der Waals surface area contributed by atoms with Gasteiger partial charge in [-0.15, -0.1) is 0 Å². The molecule has 0 bridgehead atoms. The normalized spacial score (nSPS) is 11.0. The molecule has 0 aromatic heterocycles. The third-order valence-corrected chi connectivity index (χ3v) is 6.67. The van der Waals surface area contributed by atoms with Crippen molar-refractivity contribution in [2.24, 2.45) is 0 Å². The molecule has 0 aliphatic heterocycles. The minimum atomic E-state index is -3.77. The maximum absolute atomic E-state index is 12.8. The third kappa shape index (κ3) is 4.68. The molecule has 4 aromatic rings. The van der Waals surface area contributed by atoms with Crippen molar-refractivity contribution in [3.8, 4) is 17.2 Å². The van der Waals surface area contributed by atoms with Gasteiger partial charge in [-0.25, -0.2) is 8.42 Å². The van der Waals surface area contributed by atoms with Crippen LogP contribution in [0, 0.1) is 0 Å². The Morgan fingerprint density at radius 1 is 0.636 bits per heavy atom. The van der Waals surface area contributed by atoms with Crippen molar-refractivity contribution in [1.82, 2.24) is 0 Å². The summed E-state index contributed by atoms with van der Waals surface area (Å²) in [6.45, 7) is 0. The van der Waals surface area contributed by atoms with Crippen LogP contribution in [0.25, 0.3) is 0 Å². The number of carbonyl (C=O) groups excluding carboxylic acids is 2. The van der Waals surface area contributed by atoms with Crippen LogP contribution in [0.2, 0.25) is 0 Å². The van der Waals surface area contributed by atoms with Gasteiger partial charge in [0.1, 0.15) is 17.2 Å². The lowest BCUT2D eigenvalue weighted by Crippen LogP contribution is -2.15. The van der Waals surface area contributed by atoms with E-state index in [4.69, 9.17) is 4.74 Å². The zero-order valence-corrected chi connectivity index (χ0v) is 18.0. The van der Waals surface area contributed by atoms with Crippen LogP contribution in [0.15, 0.2) is 113 Å². The fourth-order valence-electron chi connectivity index (χ4n) is 3.16. The molecule has 0 saturated heterocycles. The lowest BCUT2D eigenvalue weighted by molar-refractivity contribution is 0.0815. The monoisotopic (exact) mass is 458 g/mol. The fraction of sp³-hybridized carbons (Fsp3) is 0. The van der Waals surface area contributed by atoms with Crippen LogP contribution in [0.3, 0.4) is 0 Å². The summed E-state index contributed by atoms with van der Waals surface area (Å²) in [4.78, 5) is 25.5. The van der Waals surface area contributed by atoms with Gasteiger partial charge in [0.25, 0.3) is 0 Å². The topological polar surface area (TPSA) is 97.7 Å². The van der Waals surface area contributed by atoms with Crippen LogP contribution < -0.4 is 4.74 Å². The second-order valence-electron chi connectivity index (χ2n) is 7.09. The Morgan fingerprint density at radius 2 is 1.18 bits per heavy atom. The SMILES string of the molecule is O=C(C(=O)c1ccccc1Oc1ccc(S(=O)(=O)c2ccc(O)cc2)cc1)c1ccccc1. The lowest BCUT2D eigenvalue weighted by Gasteiger charge is -2.11. The largest absolute Gasteiger partial charge is 0.508 e. The molecule has 0 fully saturated rings. The van der Waals surface area contributed by atoms with E-state index < -0.39 is 21.4 Å². The van der Waals surface area contributed by atoms with Gasteiger partial charge < -0.3 is 9.84 Å². The first-order valence-corrected chi connectivity index (χ1v) is 11.4. The smallest absolute Gasteiger partial charge is 0.237 e. The molecule has 0 aliphatic rings. The van der Waals surface area contributed by atoms with E-state index in [1.807, 2.05) is 0 Å². The first-order chi connectivity index (χ1) is 15.9. The standard InChI is InChI=1S/C26H18O6S/c27-19-10-14-21(15-11-19)33(30,31)22-16-12-20(13-17-22)32-24-9-5-4-8-23(24)26(29)25(28)18-6-2-1-3-7-18/h1-17,27H. The quantitative estimate of drug-likeness (QED) is 0.306. The van der Waals surface area contributed by atoms with Gasteiger partial charge >= 0.3 is 0 Å². The van der Waals surface area contributed by atoms with Gasteiger partial charge in [-0.3, -0.25) is 9.59 Å². The average Bonchev–Trinajstić information content (AvgIpc) is 2.85. The van der Waals surface area contributed by atoms with E-state index in [9.17, 15) is 23.1 Å². The molecule has 6 nitrogen and oxygen atoms in total. The highest BCUT2D eigenvalue weighted by atomic mass is 32.2. The maximum atomic E-state index is 12.8. The van der Waals surface area contributed by atoms with E-state index in [0.29, 0.717) is 5.75 Å². The molecule has 0 radical (unpaired) electrons. The summed E-state index contributed by atoms with van der Waals surface area (Å²) in [6.07, 6.45) is 0. The minimum absolute atomic E-state index is 0.0309. The van der Waals surface area contributed by atoms with E-state index in [1.165, 1.54) is 54.6 Å². The molecular weight excluding hydrogens is 440 g/mol. The Bertz CT molecular complexity index is 1410. The van der Waals surface area contributed by atoms with Gasteiger partial charge in [-0.2, -0.15) is 0 Å². The molecule has 33 heavy (non-hydrogen) atoms. The number of ether oxygens (including phenoxy) is 1. The van der Waals surface area contributed by atoms with Crippen LogP contribution in [0.5, 0.6) is 17.2 Å². The first kappa shape index (κ1) is 22.0. The summed E-state index contributed by atoms with van der Waals surface area (Å²) in [5.74, 6) is -0.907. The van der Waals surface area contributed by atoms with Gasteiger partial charge in [0.05, 0.1) is 15.4 Å². The number of aromatic hydroxyl groups is 1. The van der Waals surface area contributed by atoms with Crippen molar-refractivity contribution >= 4 is 21.4 Å². The molecule has 7 heteroatoms. The number of hydrogen-bond acceptors (Lipinski definition) is 6. The molecule has 0 heterocycles. The molecule has 0 spiro atoms. The van der Waals surface area contributed by atoms with Crippen LogP contribution in [-0.4, -0.2) is 25.1 Å². The summed E-state index contributed by atoms with van der Waals surface area (Å²) in [7, 11) is -3.77. The molecular formula is C26H18O6S. The molecule has 0 saturated carbocycles. The minimum Gasteiger partial charge on any atom is -0.508 e. The number of Topliss-reactive ketones (excluding diaryl/α,β-unsaturated/α-hetero) is 2. The van der Waals surface area contributed by atoms with Crippen molar-refractivity contribution in [2.75, 3.05) is 0 Å².